The zero-order valence-corrected chi connectivity index (χ0v) is 17.8. The zero-order valence-electron chi connectivity index (χ0n) is 17.0. The molecule has 0 unspecified atom stereocenters. The molecule has 3 rings (SSSR count). The van der Waals surface area contributed by atoms with Crippen LogP contribution >= 0.6 is 11.3 Å². The normalized spacial score (nSPS) is 15.5. The van der Waals surface area contributed by atoms with Crippen molar-refractivity contribution in [1.29, 1.82) is 0 Å². The van der Waals surface area contributed by atoms with E-state index in [1.165, 1.54) is 28.4 Å². The molecule has 1 aliphatic rings. The van der Waals surface area contributed by atoms with Gasteiger partial charge >= 0.3 is 0 Å². The van der Waals surface area contributed by atoms with Crippen molar-refractivity contribution in [2.45, 2.75) is 38.3 Å². The van der Waals surface area contributed by atoms with Crippen LogP contribution in [-0.2, 0) is 25.7 Å². The van der Waals surface area contributed by atoms with Gasteiger partial charge in [-0.05, 0) is 30.5 Å². The minimum Gasteiger partial charge on any atom is -0.376 e. The van der Waals surface area contributed by atoms with Crippen molar-refractivity contribution in [3.05, 3.63) is 47.2 Å². The van der Waals surface area contributed by atoms with E-state index >= 15 is 0 Å². The van der Waals surface area contributed by atoms with Gasteiger partial charge in [-0.2, -0.15) is 0 Å². The number of anilines is 1. The van der Waals surface area contributed by atoms with E-state index < -0.39 is 0 Å². The SMILES string of the molecule is O=C(CN(Cc1ccc(F)cc1)C(=O)CCC(=O)Nc1nccs1)NC[C@@H]1CCCO1. The largest absolute Gasteiger partial charge is 0.376 e. The molecule has 1 atom stereocenters. The van der Waals surface area contributed by atoms with Gasteiger partial charge in [-0.3, -0.25) is 14.4 Å². The molecule has 3 amide bonds. The van der Waals surface area contributed by atoms with Gasteiger partial charge in [0.15, 0.2) is 5.13 Å². The number of nitrogens with zero attached hydrogens (tertiary/aromatic N) is 2. The maximum Gasteiger partial charge on any atom is 0.239 e. The van der Waals surface area contributed by atoms with Crippen LogP contribution < -0.4 is 10.6 Å². The van der Waals surface area contributed by atoms with Gasteiger partial charge in [0, 0.05) is 44.1 Å². The number of halogens is 1. The fraction of sp³-hybridized carbons (Fsp3) is 0.429. The molecule has 1 aromatic carbocycles. The van der Waals surface area contributed by atoms with Crippen molar-refractivity contribution < 1.29 is 23.5 Å². The second kappa shape index (κ2) is 11.5. The molecule has 1 aromatic heterocycles. The van der Waals surface area contributed by atoms with Crippen molar-refractivity contribution in [2.24, 2.45) is 0 Å². The van der Waals surface area contributed by atoms with E-state index in [0.717, 1.165) is 12.8 Å². The number of carbonyl (C=O) groups excluding carboxylic acids is 3. The van der Waals surface area contributed by atoms with Crippen LogP contribution in [0.25, 0.3) is 0 Å². The van der Waals surface area contributed by atoms with Gasteiger partial charge in [0.05, 0.1) is 12.6 Å². The van der Waals surface area contributed by atoms with Crippen molar-refractivity contribution in [3.63, 3.8) is 0 Å². The summed E-state index contributed by atoms with van der Waals surface area (Å²) in [5.41, 5.74) is 0.689. The first kappa shape index (κ1) is 22.8. The van der Waals surface area contributed by atoms with E-state index in [9.17, 15) is 18.8 Å². The van der Waals surface area contributed by atoms with Gasteiger partial charge in [0.2, 0.25) is 17.7 Å². The summed E-state index contributed by atoms with van der Waals surface area (Å²) in [5, 5.41) is 7.63. The van der Waals surface area contributed by atoms with Crippen molar-refractivity contribution >= 4 is 34.2 Å². The molecule has 0 radical (unpaired) electrons. The molecule has 8 nitrogen and oxygen atoms in total. The molecule has 1 saturated heterocycles. The average Bonchev–Trinajstić information content (AvgIpc) is 3.46. The Morgan fingerprint density at radius 1 is 1.19 bits per heavy atom. The number of nitrogens with one attached hydrogen (secondary N) is 2. The number of rotatable bonds is 10. The van der Waals surface area contributed by atoms with Crippen LogP contribution in [0.15, 0.2) is 35.8 Å². The Morgan fingerprint density at radius 3 is 2.68 bits per heavy atom. The summed E-state index contributed by atoms with van der Waals surface area (Å²) < 4.78 is 18.7. The predicted molar refractivity (Wildman–Crippen MR) is 114 cm³/mol. The Morgan fingerprint density at radius 2 is 2.00 bits per heavy atom. The number of hydrogen-bond donors (Lipinski definition) is 2. The molecule has 2 aromatic rings. The molecule has 0 bridgehead atoms. The summed E-state index contributed by atoms with van der Waals surface area (Å²) in [6.45, 7) is 1.07. The maximum atomic E-state index is 13.2. The van der Waals surface area contributed by atoms with E-state index in [0.29, 0.717) is 23.8 Å². The summed E-state index contributed by atoms with van der Waals surface area (Å²) in [6, 6.07) is 5.73. The highest BCUT2D eigenvalue weighted by atomic mass is 32.1. The molecule has 10 heteroatoms. The van der Waals surface area contributed by atoms with Gasteiger partial charge < -0.3 is 20.3 Å². The highest BCUT2D eigenvalue weighted by molar-refractivity contribution is 7.13. The predicted octanol–water partition coefficient (Wildman–Crippen LogP) is 2.32. The molecule has 0 spiro atoms. The highest BCUT2D eigenvalue weighted by Crippen LogP contribution is 2.13. The molecule has 0 aliphatic carbocycles. The Bertz CT molecular complexity index is 870. The molecule has 1 fully saturated rings. The fourth-order valence-electron chi connectivity index (χ4n) is 3.15. The van der Waals surface area contributed by atoms with Crippen molar-refractivity contribution in [2.75, 3.05) is 25.0 Å². The number of aromatic nitrogens is 1. The summed E-state index contributed by atoms with van der Waals surface area (Å²) in [5.74, 6) is -1.35. The minimum atomic E-state index is -0.380. The van der Waals surface area contributed by atoms with Crippen molar-refractivity contribution in [1.82, 2.24) is 15.2 Å². The van der Waals surface area contributed by atoms with Crippen LogP contribution in [0.3, 0.4) is 0 Å². The molecule has 2 N–H and O–H groups in total. The monoisotopic (exact) mass is 448 g/mol. The fourth-order valence-corrected chi connectivity index (χ4v) is 3.70. The smallest absolute Gasteiger partial charge is 0.239 e. The number of amides is 3. The summed E-state index contributed by atoms with van der Waals surface area (Å²) >= 11 is 1.29. The van der Waals surface area contributed by atoms with Gasteiger partial charge in [0.25, 0.3) is 0 Å². The van der Waals surface area contributed by atoms with Crippen LogP contribution in [0.5, 0.6) is 0 Å². The Balaban J connectivity index is 1.55. The number of hydrogen-bond acceptors (Lipinski definition) is 6. The molecule has 2 heterocycles. The second-order valence-corrected chi connectivity index (χ2v) is 8.10. The standard InChI is InChI=1S/C21H25FN4O4S/c22-16-5-3-15(4-6-16)13-26(14-19(28)24-12-17-2-1-10-30-17)20(29)8-7-18(27)25-21-23-9-11-31-21/h3-6,9,11,17H,1-2,7-8,10,12-14H2,(H,24,28)(H,23,25,27)/t17-/m0/s1. The molecule has 0 saturated carbocycles. The van der Waals surface area contributed by atoms with Gasteiger partial charge in [-0.25, -0.2) is 9.37 Å². The Hall–Kier alpha value is -2.85. The average molecular weight is 449 g/mol. The number of ether oxygens (including phenoxy) is 1. The lowest BCUT2D eigenvalue weighted by Gasteiger charge is -2.23. The van der Waals surface area contributed by atoms with Gasteiger partial charge in [0.1, 0.15) is 5.82 Å². The third-order valence-electron chi connectivity index (χ3n) is 4.77. The van der Waals surface area contributed by atoms with Crippen LogP contribution in [0.1, 0.15) is 31.2 Å². The van der Waals surface area contributed by atoms with E-state index in [1.807, 2.05) is 0 Å². The van der Waals surface area contributed by atoms with E-state index in [4.69, 9.17) is 4.74 Å². The highest BCUT2D eigenvalue weighted by Gasteiger charge is 2.21. The Labute approximate surface area is 183 Å². The molecular weight excluding hydrogens is 423 g/mol. The van der Waals surface area contributed by atoms with Crippen molar-refractivity contribution in [3.8, 4) is 0 Å². The van der Waals surface area contributed by atoms with Crippen LogP contribution in [0.2, 0.25) is 0 Å². The first-order valence-electron chi connectivity index (χ1n) is 10.1. The summed E-state index contributed by atoms with van der Waals surface area (Å²) in [6.07, 6.45) is 3.35. The van der Waals surface area contributed by atoms with Gasteiger partial charge in [-0.15, -0.1) is 11.3 Å². The molecule has 1 aliphatic heterocycles. The first-order valence-corrected chi connectivity index (χ1v) is 11.0. The zero-order chi connectivity index (χ0) is 22.1. The molecular formula is C21H25FN4O4S. The van der Waals surface area contributed by atoms with Gasteiger partial charge in [-0.1, -0.05) is 12.1 Å². The van der Waals surface area contributed by atoms with Crippen LogP contribution in [0, 0.1) is 5.82 Å². The summed E-state index contributed by atoms with van der Waals surface area (Å²) in [7, 11) is 0. The third-order valence-corrected chi connectivity index (χ3v) is 5.46. The summed E-state index contributed by atoms with van der Waals surface area (Å²) in [4.78, 5) is 42.6. The lowest BCUT2D eigenvalue weighted by Crippen LogP contribution is -2.42. The maximum absolute atomic E-state index is 13.2. The second-order valence-electron chi connectivity index (χ2n) is 7.20. The molecule has 31 heavy (non-hydrogen) atoms. The topological polar surface area (TPSA) is 101 Å². The van der Waals surface area contributed by atoms with E-state index in [2.05, 4.69) is 15.6 Å². The van der Waals surface area contributed by atoms with E-state index in [1.54, 1.807) is 23.7 Å². The first-order chi connectivity index (χ1) is 15.0. The number of thiazole rings is 1. The van der Waals surface area contributed by atoms with Crippen LogP contribution in [-0.4, -0.2) is 53.4 Å². The number of benzene rings is 1. The Kier molecular flexibility index (Phi) is 8.48. The quantitative estimate of drug-likeness (QED) is 0.581. The number of carbonyl (C=O) groups is 3. The molecule has 166 valence electrons. The van der Waals surface area contributed by atoms with E-state index in [-0.39, 0.29) is 55.6 Å². The third kappa shape index (κ3) is 7.72. The van der Waals surface area contributed by atoms with Crippen LogP contribution in [0.4, 0.5) is 9.52 Å². The minimum absolute atomic E-state index is 0.000225. The lowest BCUT2D eigenvalue weighted by atomic mass is 10.2. The lowest BCUT2D eigenvalue weighted by molar-refractivity contribution is -0.137.